The van der Waals surface area contributed by atoms with Gasteiger partial charge in [0.15, 0.2) is 0 Å². The lowest BCUT2D eigenvalue weighted by molar-refractivity contribution is 0.0602. The normalized spacial score (nSPS) is 18.2. The van der Waals surface area contributed by atoms with Crippen LogP contribution in [0.15, 0.2) is 54.9 Å². The predicted molar refractivity (Wildman–Crippen MR) is 120 cm³/mol. The molecule has 8 heteroatoms. The van der Waals surface area contributed by atoms with Gasteiger partial charge in [0.25, 0.3) is 0 Å². The van der Waals surface area contributed by atoms with Crippen LogP contribution in [-0.2, 0) is 16.1 Å². The monoisotopic (exact) mass is 434 g/mol. The van der Waals surface area contributed by atoms with E-state index in [0.29, 0.717) is 35.9 Å². The molecule has 1 saturated heterocycles. The molecule has 2 atom stereocenters. The molecule has 0 radical (unpaired) electrons. The fourth-order valence-corrected chi connectivity index (χ4v) is 3.89. The van der Waals surface area contributed by atoms with Crippen molar-refractivity contribution in [3.63, 3.8) is 0 Å². The highest BCUT2D eigenvalue weighted by Crippen LogP contribution is 2.27. The number of anilines is 1. The smallest absolute Gasteiger partial charge is 0.410 e. The minimum atomic E-state index is -0.446. The summed E-state index contributed by atoms with van der Waals surface area (Å²) in [6, 6.07) is 14.9. The van der Waals surface area contributed by atoms with Crippen molar-refractivity contribution < 1.29 is 19.1 Å². The van der Waals surface area contributed by atoms with E-state index in [4.69, 9.17) is 9.47 Å². The number of rotatable bonds is 5. The van der Waals surface area contributed by atoms with Gasteiger partial charge >= 0.3 is 12.1 Å². The van der Waals surface area contributed by atoms with E-state index in [1.165, 1.54) is 13.4 Å². The van der Waals surface area contributed by atoms with Crippen molar-refractivity contribution >= 4 is 28.8 Å². The van der Waals surface area contributed by atoms with Crippen LogP contribution in [0.5, 0.6) is 0 Å². The number of aromatic nitrogens is 2. The summed E-state index contributed by atoms with van der Waals surface area (Å²) in [4.78, 5) is 35.1. The molecule has 32 heavy (non-hydrogen) atoms. The summed E-state index contributed by atoms with van der Waals surface area (Å²) in [5, 5.41) is 4.19. The van der Waals surface area contributed by atoms with Gasteiger partial charge in [0.05, 0.1) is 18.2 Å². The number of piperidine rings is 1. The number of ether oxygens (including phenoxy) is 2. The third-order valence-corrected chi connectivity index (χ3v) is 5.81. The quantitative estimate of drug-likeness (QED) is 0.609. The number of nitrogens with one attached hydrogen (secondary N) is 1. The van der Waals surface area contributed by atoms with Crippen LogP contribution in [0.25, 0.3) is 10.9 Å². The van der Waals surface area contributed by atoms with Gasteiger partial charge in [0, 0.05) is 24.5 Å². The number of fused-ring (bicyclic) bond motifs is 1. The summed E-state index contributed by atoms with van der Waals surface area (Å²) >= 11 is 0. The molecule has 0 saturated carbocycles. The van der Waals surface area contributed by atoms with Crippen molar-refractivity contribution in [3.05, 3.63) is 66.0 Å². The van der Waals surface area contributed by atoms with Crippen LogP contribution < -0.4 is 5.32 Å². The zero-order valence-corrected chi connectivity index (χ0v) is 18.2. The third kappa shape index (κ3) is 4.64. The van der Waals surface area contributed by atoms with Gasteiger partial charge in [-0.3, -0.25) is 0 Å². The Morgan fingerprint density at radius 3 is 2.72 bits per heavy atom. The number of carbonyl (C=O) groups excluding carboxylic acids is 2. The maximum absolute atomic E-state index is 12.6. The van der Waals surface area contributed by atoms with Crippen molar-refractivity contribution in [1.29, 1.82) is 0 Å². The summed E-state index contributed by atoms with van der Waals surface area (Å²) in [5.74, 6) is 0.498. The molecule has 2 heterocycles. The number of methoxy groups -OCH3 is 1. The van der Waals surface area contributed by atoms with Crippen molar-refractivity contribution in [1.82, 2.24) is 14.9 Å². The third-order valence-electron chi connectivity index (χ3n) is 5.81. The number of esters is 1. The van der Waals surface area contributed by atoms with Crippen LogP contribution in [0.1, 0.15) is 29.3 Å². The van der Waals surface area contributed by atoms with Crippen LogP contribution in [0.2, 0.25) is 0 Å². The Bertz CT molecular complexity index is 1110. The molecule has 8 nitrogen and oxygen atoms in total. The average molecular weight is 434 g/mol. The molecule has 1 N–H and O–H groups in total. The van der Waals surface area contributed by atoms with Gasteiger partial charge in [-0.1, -0.05) is 43.3 Å². The Labute approximate surface area is 186 Å². The number of likely N-dealkylation sites (tertiary alicyclic amines) is 1. The lowest BCUT2D eigenvalue weighted by atomic mass is 9.93. The lowest BCUT2D eigenvalue weighted by Crippen LogP contribution is -2.49. The zero-order valence-electron chi connectivity index (χ0n) is 18.2. The first-order valence-corrected chi connectivity index (χ1v) is 10.6. The van der Waals surface area contributed by atoms with E-state index in [1.807, 2.05) is 36.4 Å². The molecular weight excluding hydrogens is 408 g/mol. The van der Waals surface area contributed by atoms with Crippen LogP contribution in [0.4, 0.5) is 10.6 Å². The van der Waals surface area contributed by atoms with Gasteiger partial charge in [-0.05, 0) is 30.0 Å². The zero-order chi connectivity index (χ0) is 22.5. The van der Waals surface area contributed by atoms with E-state index in [0.717, 1.165) is 17.4 Å². The van der Waals surface area contributed by atoms with Crippen LogP contribution in [-0.4, -0.2) is 53.2 Å². The number of hydrogen-bond acceptors (Lipinski definition) is 7. The predicted octanol–water partition coefficient (Wildman–Crippen LogP) is 3.88. The van der Waals surface area contributed by atoms with Gasteiger partial charge in [-0.15, -0.1) is 0 Å². The van der Waals surface area contributed by atoms with Crippen LogP contribution >= 0.6 is 0 Å². The fourth-order valence-electron chi connectivity index (χ4n) is 3.89. The highest BCUT2D eigenvalue weighted by atomic mass is 16.6. The highest BCUT2D eigenvalue weighted by Gasteiger charge is 2.30. The first-order chi connectivity index (χ1) is 15.6. The van der Waals surface area contributed by atoms with E-state index in [2.05, 4.69) is 22.2 Å². The van der Waals surface area contributed by atoms with Gasteiger partial charge in [0.1, 0.15) is 18.8 Å². The summed E-state index contributed by atoms with van der Waals surface area (Å²) in [6.07, 6.45) is 1.94. The Morgan fingerprint density at radius 1 is 1.12 bits per heavy atom. The molecule has 1 aromatic heterocycles. The topological polar surface area (TPSA) is 93.7 Å². The van der Waals surface area contributed by atoms with E-state index in [-0.39, 0.29) is 18.7 Å². The fraction of sp³-hybridized carbons (Fsp3) is 0.333. The molecular formula is C24H26N4O4. The number of nitrogens with zero attached hydrogens (tertiary/aromatic N) is 3. The Morgan fingerprint density at radius 2 is 1.94 bits per heavy atom. The minimum absolute atomic E-state index is 0.0205. The highest BCUT2D eigenvalue weighted by molar-refractivity contribution is 6.05. The maximum atomic E-state index is 12.6. The molecule has 1 aliphatic rings. The van der Waals surface area contributed by atoms with Crippen LogP contribution in [0.3, 0.4) is 0 Å². The van der Waals surface area contributed by atoms with E-state index < -0.39 is 5.97 Å². The number of amides is 1. The van der Waals surface area contributed by atoms with Gasteiger partial charge < -0.3 is 19.7 Å². The number of carbonyl (C=O) groups is 2. The Hall–Kier alpha value is -3.68. The first kappa shape index (κ1) is 21.5. The van der Waals surface area contributed by atoms with Crippen molar-refractivity contribution in [3.8, 4) is 0 Å². The SMILES string of the molecule is COC(=O)c1cccc2c(N[C@@H]3CN(C(=O)OCc4ccccc4)CC[C@H]3C)ncnc12. The molecule has 0 unspecified atom stereocenters. The van der Waals surface area contributed by atoms with E-state index >= 15 is 0 Å². The largest absolute Gasteiger partial charge is 0.465 e. The number of para-hydroxylation sites is 1. The van der Waals surface area contributed by atoms with E-state index in [1.54, 1.807) is 17.0 Å². The molecule has 1 fully saturated rings. The second-order valence-corrected chi connectivity index (χ2v) is 7.92. The van der Waals surface area contributed by atoms with Gasteiger partial charge in [-0.25, -0.2) is 19.6 Å². The van der Waals surface area contributed by atoms with Gasteiger partial charge in [-0.2, -0.15) is 0 Å². The Balaban J connectivity index is 1.48. The standard InChI is InChI=1S/C24H26N4O4/c1-16-11-12-28(24(30)32-14-17-7-4-3-5-8-17)13-20(16)27-22-18-9-6-10-19(23(29)31-2)21(18)25-15-26-22/h3-10,15-16,20H,11-14H2,1-2H3,(H,25,26,27)/t16-,20-/m1/s1. The lowest BCUT2D eigenvalue weighted by Gasteiger charge is -2.37. The second-order valence-electron chi connectivity index (χ2n) is 7.92. The summed E-state index contributed by atoms with van der Waals surface area (Å²) in [5.41, 5.74) is 1.87. The molecule has 0 spiro atoms. The van der Waals surface area contributed by atoms with Crippen molar-refractivity contribution in [2.24, 2.45) is 5.92 Å². The molecule has 3 aromatic rings. The molecule has 1 amide bonds. The molecule has 1 aliphatic heterocycles. The Kier molecular flexibility index (Phi) is 6.49. The summed E-state index contributed by atoms with van der Waals surface area (Å²) in [7, 11) is 1.34. The minimum Gasteiger partial charge on any atom is -0.465 e. The van der Waals surface area contributed by atoms with E-state index in [9.17, 15) is 9.59 Å². The first-order valence-electron chi connectivity index (χ1n) is 10.6. The molecule has 4 rings (SSSR count). The second kappa shape index (κ2) is 9.64. The summed E-state index contributed by atoms with van der Waals surface area (Å²) in [6.45, 7) is 3.53. The van der Waals surface area contributed by atoms with Gasteiger partial charge in [0.2, 0.25) is 0 Å². The molecule has 166 valence electrons. The number of benzene rings is 2. The van der Waals surface area contributed by atoms with Crippen molar-refractivity contribution in [2.45, 2.75) is 26.0 Å². The average Bonchev–Trinajstić information content (AvgIpc) is 2.84. The summed E-state index contributed by atoms with van der Waals surface area (Å²) < 4.78 is 10.4. The maximum Gasteiger partial charge on any atom is 0.410 e. The van der Waals surface area contributed by atoms with Crippen molar-refractivity contribution in [2.75, 3.05) is 25.5 Å². The molecule has 0 bridgehead atoms. The van der Waals surface area contributed by atoms with Crippen LogP contribution in [0, 0.1) is 5.92 Å². The number of hydrogen-bond donors (Lipinski definition) is 1. The molecule has 2 aromatic carbocycles. The molecule has 0 aliphatic carbocycles.